The van der Waals surface area contributed by atoms with E-state index in [2.05, 4.69) is 10.4 Å². The van der Waals surface area contributed by atoms with Gasteiger partial charge in [0.2, 0.25) is 0 Å². The van der Waals surface area contributed by atoms with E-state index in [1.807, 2.05) is 19.9 Å². The SMILES string of the molecule is Cc1cc(-c2csc(CCCCN)n2)c(C)o1. The second kappa shape index (κ2) is 5.47. The molecule has 2 heterocycles. The number of aromatic nitrogens is 1. The Balaban J connectivity index is 2.10. The largest absolute Gasteiger partial charge is 0.466 e. The number of thiazole rings is 1. The molecule has 0 aliphatic rings. The molecule has 0 unspecified atom stereocenters. The minimum Gasteiger partial charge on any atom is -0.466 e. The number of hydrogen-bond acceptors (Lipinski definition) is 4. The number of furan rings is 1. The van der Waals surface area contributed by atoms with Gasteiger partial charge in [0.15, 0.2) is 0 Å². The van der Waals surface area contributed by atoms with Crippen LogP contribution in [0.4, 0.5) is 0 Å². The van der Waals surface area contributed by atoms with E-state index in [1.165, 1.54) is 5.01 Å². The van der Waals surface area contributed by atoms with Crippen molar-refractivity contribution in [2.75, 3.05) is 6.54 Å². The van der Waals surface area contributed by atoms with E-state index in [1.54, 1.807) is 11.3 Å². The zero-order valence-electron chi connectivity index (χ0n) is 10.3. The number of nitrogens with two attached hydrogens (primary N) is 1. The molecule has 0 atom stereocenters. The Morgan fingerprint density at radius 2 is 2.18 bits per heavy atom. The van der Waals surface area contributed by atoms with Gasteiger partial charge in [0, 0.05) is 10.9 Å². The van der Waals surface area contributed by atoms with Gasteiger partial charge in [-0.05, 0) is 45.7 Å². The van der Waals surface area contributed by atoms with E-state index in [0.717, 1.165) is 48.6 Å². The van der Waals surface area contributed by atoms with Crippen LogP contribution in [0.5, 0.6) is 0 Å². The number of aryl methyl sites for hydroxylation is 3. The van der Waals surface area contributed by atoms with Gasteiger partial charge in [-0.2, -0.15) is 0 Å². The molecule has 0 fully saturated rings. The Morgan fingerprint density at radius 1 is 1.35 bits per heavy atom. The molecule has 4 heteroatoms. The first-order valence-electron chi connectivity index (χ1n) is 5.92. The Labute approximate surface area is 106 Å². The number of unbranched alkanes of at least 4 members (excludes halogenated alkanes) is 1. The van der Waals surface area contributed by atoms with Crippen molar-refractivity contribution in [1.29, 1.82) is 0 Å². The van der Waals surface area contributed by atoms with Crippen LogP contribution >= 0.6 is 11.3 Å². The highest BCUT2D eigenvalue weighted by Crippen LogP contribution is 2.28. The summed E-state index contributed by atoms with van der Waals surface area (Å²) < 4.78 is 5.52. The van der Waals surface area contributed by atoms with Crippen LogP contribution in [0.2, 0.25) is 0 Å². The Bertz CT molecular complexity index is 487. The predicted molar refractivity (Wildman–Crippen MR) is 71.3 cm³/mol. The fraction of sp³-hybridized carbons (Fsp3) is 0.462. The van der Waals surface area contributed by atoms with E-state index < -0.39 is 0 Å². The molecule has 0 aliphatic heterocycles. The highest BCUT2D eigenvalue weighted by Gasteiger charge is 2.10. The van der Waals surface area contributed by atoms with Crippen molar-refractivity contribution in [3.8, 4) is 11.3 Å². The maximum absolute atomic E-state index is 5.52. The van der Waals surface area contributed by atoms with Crippen LogP contribution in [0.3, 0.4) is 0 Å². The van der Waals surface area contributed by atoms with E-state index in [-0.39, 0.29) is 0 Å². The Kier molecular flexibility index (Phi) is 3.97. The molecule has 0 aliphatic carbocycles. The number of rotatable bonds is 5. The molecule has 2 aromatic heterocycles. The van der Waals surface area contributed by atoms with Crippen molar-refractivity contribution >= 4 is 11.3 Å². The van der Waals surface area contributed by atoms with Crippen molar-refractivity contribution < 1.29 is 4.42 Å². The molecular weight excluding hydrogens is 232 g/mol. The molecule has 0 spiro atoms. The quantitative estimate of drug-likeness (QED) is 0.828. The monoisotopic (exact) mass is 250 g/mol. The first kappa shape index (κ1) is 12.3. The smallest absolute Gasteiger partial charge is 0.110 e. The van der Waals surface area contributed by atoms with Crippen LogP contribution in [0, 0.1) is 13.8 Å². The highest BCUT2D eigenvalue weighted by molar-refractivity contribution is 7.09. The summed E-state index contributed by atoms with van der Waals surface area (Å²) in [6.45, 7) is 4.71. The molecule has 0 radical (unpaired) electrons. The van der Waals surface area contributed by atoms with E-state index in [9.17, 15) is 0 Å². The third-order valence-electron chi connectivity index (χ3n) is 2.71. The third kappa shape index (κ3) is 2.96. The molecule has 2 N–H and O–H groups in total. The molecule has 92 valence electrons. The molecule has 2 aromatic rings. The molecule has 17 heavy (non-hydrogen) atoms. The summed E-state index contributed by atoms with van der Waals surface area (Å²) in [6, 6.07) is 2.05. The highest BCUT2D eigenvalue weighted by atomic mass is 32.1. The zero-order valence-corrected chi connectivity index (χ0v) is 11.1. The summed E-state index contributed by atoms with van der Waals surface area (Å²) in [6.07, 6.45) is 3.21. The summed E-state index contributed by atoms with van der Waals surface area (Å²) in [7, 11) is 0. The lowest BCUT2D eigenvalue weighted by atomic mass is 10.2. The second-order valence-corrected chi connectivity index (χ2v) is 5.14. The van der Waals surface area contributed by atoms with Crippen molar-refractivity contribution in [3.63, 3.8) is 0 Å². The number of hydrogen-bond donors (Lipinski definition) is 1. The minimum absolute atomic E-state index is 0.762. The normalized spacial score (nSPS) is 11.0. The third-order valence-corrected chi connectivity index (χ3v) is 3.62. The van der Waals surface area contributed by atoms with Crippen molar-refractivity contribution in [2.24, 2.45) is 5.73 Å². The van der Waals surface area contributed by atoms with Crippen LogP contribution in [-0.4, -0.2) is 11.5 Å². The van der Waals surface area contributed by atoms with Gasteiger partial charge in [-0.15, -0.1) is 11.3 Å². The number of nitrogens with zero attached hydrogens (tertiary/aromatic N) is 1. The summed E-state index contributed by atoms with van der Waals surface area (Å²) >= 11 is 1.72. The Morgan fingerprint density at radius 3 is 2.82 bits per heavy atom. The summed E-state index contributed by atoms with van der Waals surface area (Å²) in [5.74, 6) is 1.89. The van der Waals surface area contributed by atoms with Crippen LogP contribution in [-0.2, 0) is 6.42 Å². The molecular formula is C13H18N2OS. The van der Waals surface area contributed by atoms with E-state index in [0.29, 0.717) is 0 Å². The van der Waals surface area contributed by atoms with Crippen LogP contribution in [0.25, 0.3) is 11.3 Å². The van der Waals surface area contributed by atoms with Gasteiger partial charge < -0.3 is 10.2 Å². The molecule has 0 saturated heterocycles. The molecule has 0 bridgehead atoms. The van der Waals surface area contributed by atoms with Crippen LogP contribution < -0.4 is 5.73 Å². The predicted octanol–water partition coefficient (Wildman–Crippen LogP) is 3.30. The fourth-order valence-electron chi connectivity index (χ4n) is 1.86. The van der Waals surface area contributed by atoms with Crippen molar-refractivity contribution in [1.82, 2.24) is 4.98 Å². The molecule has 3 nitrogen and oxygen atoms in total. The van der Waals surface area contributed by atoms with Crippen LogP contribution in [0.1, 0.15) is 29.4 Å². The maximum atomic E-state index is 5.52. The second-order valence-electron chi connectivity index (χ2n) is 4.20. The summed E-state index contributed by atoms with van der Waals surface area (Å²) in [5, 5.41) is 3.29. The zero-order chi connectivity index (χ0) is 12.3. The molecule has 0 amide bonds. The van der Waals surface area contributed by atoms with Crippen molar-refractivity contribution in [2.45, 2.75) is 33.1 Å². The summed E-state index contributed by atoms with van der Waals surface area (Å²) in [5.41, 5.74) is 7.63. The standard InChI is InChI=1S/C13H18N2OS/c1-9-7-11(10(2)16-9)12-8-17-13(15-12)5-3-4-6-14/h7-8H,3-6,14H2,1-2H3. The summed E-state index contributed by atoms with van der Waals surface area (Å²) in [4.78, 5) is 4.64. The van der Waals surface area contributed by atoms with Gasteiger partial charge in [0.25, 0.3) is 0 Å². The first-order chi connectivity index (χ1) is 8.20. The van der Waals surface area contributed by atoms with Crippen LogP contribution in [0.15, 0.2) is 15.9 Å². The molecule has 0 saturated carbocycles. The van der Waals surface area contributed by atoms with Gasteiger partial charge in [-0.25, -0.2) is 4.98 Å². The fourth-order valence-corrected chi connectivity index (χ4v) is 2.70. The van der Waals surface area contributed by atoms with E-state index in [4.69, 9.17) is 10.2 Å². The van der Waals surface area contributed by atoms with Gasteiger partial charge in [-0.1, -0.05) is 0 Å². The topological polar surface area (TPSA) is 52.0 Å². The van der Waals surface area contributed by atoms with Gasteiger partial charge in [0.05, 0.1) is 10.7 Å². The average Bonchev–Trinajstić information content (AvgIpc) is 2.86. The maximum Gasteiger partial charge on any atom is 0.110 e. The molecule has 2 rings (SSSR count). The lowest BCUT2D eigenvalue weighted by Gasteiger charge is -1.94. The molecule has 0 aromatic carbocycles. The lowest BCUT2D eigenvalue weighted by Crippen LogP contribution is -1.98. The van der Waals surface area contributed by atoms with Gasteiger partial charge >= 0.3 is 0 Å². The average molecular weight is 250 g/mol. The first-order valence-corrected chi connectivity index (χ1v) is 6.80. The van der Waals surface area contributed by atoms with Gasteiger partial charge in [-0.3, -0.25) is 0 Å². The van der Waals surface area contributed by atoms with Crippen molar-refractivity contribution in [3.05, 3.63) is 28.0 Å². The Hall–Kier alpha value is -1.13. The van der Waals surface area contributed by atoms with Gasteiger partial charge in [0.1, 0.15) is 11.5 Å². The lowest BCUT2D eigenvalue weighted by molar-refractivity contribution is 0.505. The van der Waals surface area contributed by atoms with E-state index >= 15 is 0 Å². The minimum atomic E-state index is 0.762.